The molecule has 41 heavy (non-hydrogen) atoms. The SMILES string of the molecule is CCn1nc(C(=O)NC[C@H]2CC[C@H](S(C)(=O)=O)CC2)c(C)c1-c1cnc(NC(C)(C)CC(F)(F)F)cc1OC(F)F. The summed E-state index contributed by atoms with van der Waals surface area (Å²) in [4.78, 5) is 17.2. The Bertz CT molecular complexity index is 1340. The summed E-state index contributed by atoms with van der Waals surface area (Å²) in [5.41, 5.74) is -0.636. The number of hydrogen-bond donors (Lipinski definition) is 2. The van der Waals surface area contributed by atoms with Gasteiger partial charge < -0.3 is 15.4 Å². The second-order valence-corrected chi connectivity index (χ2v) is 13.4. The van der Waals surface area contributed by atoms with Crippen LogP contribution in [-0.4, -0.2) is 65.5 Å². The lowest BCUT2D eigenvalue weighted by Gasteiger charge is -2.28. The van der Waals surface area contributed by atoms with E-state index in [1.54, 1.807) is 13.8 Å². The maximum absolute atomic E-state index is 13.4. The van der Waals surface area contributed by atoms with Crippen molar-refractivity contribution < 1.29 is 39.9 Å². The van der Waals surface area contributed by atoms with Gasteiger partial charge in [-0.2, -0.15) is 27.1 Å². The quantitative estimate of drug-likeness (QED) is 0.330. The average Bonchev–Trinajstić information content (AvgIpc) is 3.16. The Balaban J connectivity index is 1.84. The summed E-state index contributed by atoms with van der Waals surface area (Å²) in [7, 11) is -3.10. The number of amides is 1. The van der Waals surface area contributed by atoms with Crippen molar-refractivity contribution in [2.45, 2.75) is 89.9 Å². The van der Waals surface area contributed by atoms with Gasteiger partial charge in [0.15, 0.2) is 5.69 Å². The number of alkyl halides is 5. The number of carbonyl (C=O) groups is 1. The fourth-order valence-corrected chi connectivity index (χ4v) is 6.32. The van der Waals surface area contributed by atoms with E-state index in [1.165, 1.54) is 31.0 Å². The lowest BCUT2D eigenvalue weighted by Crippen LogP contribution is -2.36. The van der Waals surface area contributed by atoms with Crippen LogP contribution < -0.4 is 15.4 Å². The summed E-state index contributed by atoms with van der Waals surface area (Å²) >= 11 is 0. The molecular weight excluding hydrogens is 573 g/mol. The molecule has 0 radical (unpaired) electrons. The van der Waals surface area contributed by atoms with Gasteiger partial charge in [0.25, 0.3) is 5.91 Å². The van der Waals surface area contributed by atoms with E-state index in [-0.39, 0.29) is 40.5 Å². The number of aryl methyl sites for hydroxylation is 1. The predicted octanol–water partition coefficient (Wildman–Crippen LogP) is 5.35. The number of rotatable bonds is 11. The molecule has 0 atom stereocenters. The molecule has 0 saturated heterocycles. The van der Waals surface area contributed by atoms with Gasteiger partial charge in [-0.15, -0.1) is 0 Å². The largest absolute Gasteiger partial charge is 0.434 e. The zero-order valence-corrected chi connectivity index (χ0v) is 24.4. The van der Waals surface area contributed by atoms with Crippen molar-refractivity contribution in [3.8, 4) is 17.0 Å². The third kappa shape index (κ3) is 8.76. The molecule has 1 aliphatic carbocycles. The molecule has 2 N–H and O–H groups in total. The molecule has 1 fully saturated rings. The maximum atomic E-state index is 13.4. The van der Waals surface area contributed by atoms with E-state index in [0.29, 0.717) is 43.5 Å². The zero-order valence-electron chi connectivity index (χ0n) is 23.6. The predicted molar refractivity (Wildman–Crippen MR) is 144 cm³/mol. The lowest BCUT2D eigenvalue weighted by molar-refractivity contribution is -0.142. The van der Waals surface area contributed by atoms with Crippen molar-refractivity contribution in [1.82, 2.24) is 20.1 Å². The molecule has 1 saturated carbocycles. The van der Waals surface area contributed by atoms with Gasteiger partial charge in [-0.3, -0.25) is 9.48 Å². The Morgan fingerprint density at radius 2 is 1.83 bits per heavy atom. The van der Waals surface area contributed by atoms with Crippen LogP contribution in [0, 0.1) is 12.8 Å². The number of aromatic nitrogens is 3. The molecule has 1 amide bonds. The average molecular weight is 610 g/mol. The van der Waals surface area contributed by atoms with Gasteiger partial charge in [0.05, 0.1) is 22.9 Å². The molecule has 0 unspecified atom stereocenters. The second-order valence-electron chi connectivity index (χ2n) is 11.1. The van der Waals surface area contributed by atoms with Gasteiger partial charge in [0, 0.05) is 42.7 Å². The molecule has 0 bridgehead atoms. The molecule has 230 valence electrons. The van der Waals surface area contributed by atoms with Gasteiger partial charge >= 0.3 is 12.8 Å². The fourth-order valence-electron chi connectivity index (χ4n) is 5.19. The summed E-state index contributed by atoms with van der Waals surface area (Å²) in [5.74, 6) is -0.797. The molecule has 3 rings (SSSR count). The minimum absolute atomic E-state index is 0.0724. The van der Waals surface area contributed by atoms with E-state index in [2.05, 4.69) is 20.7 Å². The molecule has 2 aromatic heterocycles. The van der Waals surface area contributed by atoms with Crippen molar-refractivity contribution in [3.05, 3.63) is 23.5 Å². The molecule has 9 nitrogen and oxygen atoms in total. The third-order valence-corrected chi connectivity index (χ3v) is 8.78. The number of nitrogens with one attached hydrogen (secondary N) is 2. The number of anilines is 1. The van der Waals surface area contributed by atoms with Crippen molar-refractivity contribution in [1.29, 1.82) is 0 Å². The smallest absolute Gasteiger partial charge is 0.391 e. The molecule has 2 heterocycles. The Hall–Kier alpha value is -2.97. The number of halogens is 5. The Morgan fingerprint density at radius 3 is 2.37 bits per heavy atom. The van der Waals surface area contributed by atoms with Crippen LogP contribution in [0.5, 0.6) is 5.75 Å². The number of sulfone groups is 1. The first-order chi connectivity index (χ1) is 18.9. The van der Waals surface area contributed by atoms with Gasteiger partial charge in [0.1, 0.15) is 21.4 Å². The van der Waals surface area contributed by atoms with Crippen LogP contribution in [0.1, 0.15) is 68.9 Å². The Morgan fingerprint density at radius 1 is 1.20 bits per heavy atom. The Kier molecular flexibility index (Phi) is 9.92. The highest BCUT2D eigenvalue weighted by Gasteiger charge is 2.37. The molecule has 1 aliphatic rings. The van der Waals surface area contributed by atoms with E-state index >= 15 is 0 Å². The summed E-state index contributed by atoms with van der Waals surface area (Å²) in [6.45, 7) is 3.33. The van der Waals surface area contributed by atoms with Crippen molar-refractivity contribution in [3.63, 3.8) is 0 Å². The first kappa shape index (κ1) is 32.5. The van der Waals surface area contributed by atoms with Crippen molar-refractivity contribution >= 4 is 21.6 Å². The summed E-state index contributed by atoms with van der Waals surface area (Å²) in [6.07, 6.45) is -0.837. The summed E-state index contributed by atoms with van der Waals surface area (Å²) < 4.78 is 95.3. The van der Waals surface area contributed by atoms with Crippen molar-refractivity contribution in [2.24, 2.45) is 5.92 Å². The van der Waals surface area contributed by atoms with Crippen LogP contribution in [0.4, 0.5) is 27.8 Å². The third-order valence-electron chi connectivity index (χ3n) is 7.10. The topological polar surface area (TPSA) is 115 Å². The number of carbonyl (C=O) groups excluding carboxylic acids is 1. The lowest BCUT2D eigenvalue weighted by atomic mass is 9.89. The highest BCUT2D eigenvalue weighted by molar-refractivity contribution is 7.91. The second kappa shape index (κ2) is 12.5. The van der Waals surface area contributed by atoms with Crippen LogP contribution in [0.15, 0.2) is 12.3 Å². The fraction of sp³-hybridized carbons (Fsp3) is 0.654. The minimum Gasteiger partial charge on any atom is -0.434 e. The highest BCUT2D eigenvalue weighted by Crippen LogP contribution is 2.37. The normalized spacial score (nSPS) is 18.4. The van der Waals surface area contributed by atoms with Crippen LogP contribution in [0.3, 0.4) is 0 Å². The van der Waals surface area contributed by atoms with E-state index in [4.69, 9.17) is 4.74 Å². The zero-order chi connectivity index (χ0) is 30.8. The van der Waals surface area contributed by atoms with E-state index in [0.717, 1.165) is 6.07 Å². The van der Waals surface area contributed by atoms with Crippen molar-refractivity contribution in [2.75, 3.05) is 18.1 Å². The number of hydrogen-bond acceptors (Lipinski definition) is 7. The first-order valence-electron chi connectivity index (χ1n) is 13.2. The van der Waals surface area contributed by atoms with E-state index in [9.17, 15) is 35.2 Å². The molecule has 0 aliphatic heterocycles. The van der Waals surface area contributed by atoms with Gasteiger partial charge in [0.2, 0.25) is 0 Å². The van der Waals surface area contributed by atoms with Gasteiger partial charge in [-0.25, -0.2) is 13.4 Å². The minimum atomic E-state index is -4.46. The van der Waals surface area contributed by atoms with E-state index < -0.39 is 40.5 Å². The van der Waals surface area contributed by atoms with E-state index in [1.807, 2.05) is 0 Å². The summed E-state index contributed by atoms with van der Waals surface area (Å²) in [6, 6.07) is 1.10. The van der Waals surface area contributed by atoms with Crippen LogP contribution in [0.25, 0.3) is 11.3 Å². The molecule has 2 aromatic rings. The number of nitrogens with zero attached hydrogens (tertiary/aromatic N) is 3. The van der Waals surface area contributed by atoms with Crippen LogP contribution >= 0.6 is 0 Å². The Labute approximate surface area is 236 Å². The molecule has 0 spiro atoms. The highest BCUT2D eigenvalue weighted by atomic mass is 32.2. The molecule has 0 aromatic carbocycles. The number of ether oxygens (including phenoxy) is 1. The molecular formula is C26H36F5N5O4S. The van der Waals surface area contributed by atoms with Crippen LogP contribution in [0.2, 0.25) is 0 Å². The first-order valence-corrected chi connectivity index (χ1v) is 15.2. The maximum Gasteiger partial charge on any atom is 0.391 e. The number of pyridine rings is 1. The van der Waals surface area contributed by atoms with Gasteiger partial charge in [-0.1, -0.05) is 0 Å². The molecule has 15 heteroatoms. The van der Waals surface area contributed by atoms with Crippen LogP contribution in [-0.2, 0) is 16.4 Å². The standard InChI is InChI=1S/C26H36F5N5O4S/c1-6-36-22(15(2)21(35-36)23(37)33-12-16-7-9-17(10-8-16)41(5,38)39)18-13-32-20(11-19(18)40-24(27)28)34-25(3,4)14-26(29,30)31/h11,13,16-17,24H,6-10,12,14H2,1-5H3,(H,32,34)(H,33,37)/t16-,17-. The summed E-state index contributed by atoms with van der Waals surface area (Å²) in [5, 5.41) is 9.47. The monoisotopic (exact) mass is 609 g/mol. The van der Waals surface area contributed by atoms with Gasteiger partial charge in [-0.05, 0) is 59.3 Å².